The summed E-state index contributed by atoms with van der Waals surface area (Å²) in [4.78, 5) is 29.5. The minimum absolute atomic E-state index is 0.0554. The van der Waals surface area contributed by atoms with Gasteiger partial charge in [-0.2, -0.15) is 0 Å². The van der Waals surface area contributed by atoms with Crippen LogP contribution < -0.4 is 5.32 Å². The van der Waals surface area contributed by atoms with Gasteiger partial charge in [-0.05, 0) is 49.1 Å². The SMILES string of the molecule is C/C=C/N(C)CCN(C)C(=Nc1c(C(C)C)ccnc1SC)c1cc(F)c(-c2cccc(F)c2Cl)nc1NC=O. The molecule has 1 amide bonds. The summed E-state index contributed by atoms with van der Waals surface area (Å²) in [7, 11) is 3.79. The maximum atomic E-state index is 15.7. The second-order valence-corrected chi connectivity index (χ2v) is 10.5. The van der Waals surface area contributed by atoms with Gasteiger partial charge in [-0.1, -0.05) is 43.7 Å². The molecular formula is C29H33ClF2N6OS. The Morgan fingerprint density at radius 1 is 1.20 bits per heavy atom. The maximum Gasteiger partial charge on any atom is 0.212 e. The monoisotopic (exact) mass is 586 g/mol. The summed E-state index contributed by atoms with van der Waals surface area (Å²) in [6, 6.07) is 7.22. The molecule has 0 atom stereocenters. The molecular weight excluding hydrogens is 554 g/mol. The molecule has 0 unspecified atom stereocenters. The summed E-state index contributed by atoms with van der Waals surface area (Å²) in [5.74, 6) is -0.873. The molecule has 3 rings (SSSR count). The number of hydrogen-bond acceptors (Lipinski definition) is 6. The highest BCUT2D eigenvalue weighted by molar-refractivity contribution is 7.98. The van der Waals surface area contributed by atoms with Crippen molar-refractivity contribution in [2.75, 3.05) is 38.8 Å². The van der Waals surface area contributed by atoms with Gasteiger partial charge in [-0.25, -0.2) is 23.7 Å². The molecule has 0 aliphatic heterocycles. The molecule has 2 heterocycles. The van der Waals surface area contributed by atoms with Gasteiger partial charge in [-0.3, -0.25) is 4.79 Å². The number of hydrogen-bond donors (Lipinski definition) is 1. The van der Waals surface area contributed by atoms with Gasteiger partial charge in [0.25, 0.3) is 0 Å². The second-order valence-electron chi connectivity index (χ2n) is 9.31. The van der Waals surface area contributed by atoms with E-state index in [-0.39, 0.29) is 33.6 Å². The van der Waals surface area contributed by atoms with Crippen LogP contribution in [0.5, 0.6) is 0 Å². The summed E-state index contributed by atoms with van der Waals surface area (Å²) < 4.78 is 29.9. The number of carbonyl (C=O) groups excluding carboxylic acids is 1. The normalized spacial score (nSPS) is 11.8. The van der Waals surface area contributed by atoms with E-state index in [1.54, 1.807) is 6.20 Å². The van der Waals surface area contributed by atoms with Gasteiger partial charge >= 0.3 is 0 Å². The molecule has 0 saturated carbocycles. The van der Waals surface area contributed by atoms with Crippen LogP contribution in [-0.4, -0.2) is 65.5 Å². The number of likely N-dealkylation sites (N-methyl/N-ethyl adjacent to an activating group) is 2. The van der Waals surface area contributed by atoms with E-state index in [0.717, 1.165) is 5.56 Å². The quantitative estimate of drug-likeness (QED) is 0.113. The molecule has 3 aromatic rings. The Morgan fingerprint density at radius 3 is 2.60 bits per heavy atom. The van der Waals surface area contributed by atoms with Gasteiger partial charge in [-0.15, -0.1) is 11.8 Å². The van der Waals surface area contributed by atoms with Crippen LogP contribution in [0.4, 0.5) is 20.3 Å². The van der Waals surface area contributed by atoms with Crippen molar-refractivity contribution in [3.8, 4) is 11.3 Å². The number of rotatable bonds is 11. The zero-order valence-electron chi connectivity index (χ0n) is 23.4. The summed E-state index contributed by atoms with van der Waals surface area (Å²) in [5, 5.41) is 3.02. The molecule has 212 valence electrons. The van der Waals surface area contributed by atoms with E-state index in [1.807, 2.05) is 55.4 Å². The standard InChI is InChI=1S/C29H33ClF2N6OS/c1-7-13-37(4)14-15-38(5)28(36-26-19(18(2)3)11-12-33-29(26)40-6)21-16-23(32)25(35-27(21)34-17-39)20-9-8-10-22(31)24(20)30/h7-13,16-18H,14-15H2,1-6H3,(H,34,35,39)/b13-7+,36-28?. The number of amidine groups is 1. The van der Waals surface area contributed by atoms with Crippen molar-refractivity contribution in [3.05, 3.63) is 76.6 Å². The first-order valence-corrected chi connectivity index (χ1v) is 14.2. The number of nitrogens with zero attached hydrogens (tertiary/aromatic N) is 5. The summed E-state index contributed by atoms with van der Waals surface area (Å²) in [6.45, 7) is 7.22. The average Bonchev–Trinajstić information content (AvgIpc) is 2.93. The van der Waals surface area contributed by atoms with E-state index in [9.17, 15) is 9.18 Å². The molecule has 0 fully saturated rings. The van der Waals surface area contributed by atoms with Crippen LogP contribution in [0, 0.1) is 11.6 Å². The number of pyridine rings is 2. The fourth-order valence-corrected chi connectivity index (χ4v) is 4.82. The molecule has 1 aromatic carbocycles. The Kier molecular flexibility index (Phi) is 11.0. The molecule has 0 aliphatic carbocycles. The lowest BCUT2D eigenvalue weighted by Crippen LogP contribution is -2.34. The first-order valence-electron chi connectivity index (χ1n) is 12.6. The van der Waals surface area contributed by atoms with E-state index in [4.69, 9.17) is 16.6 Å². The topological polar surface area (TPSA) is 73.7 Å². The van der Waals surface area contributed by atoms with Crippen LogP contribution >= 0.6 is 23.4 Å². The van der Waals surface area contributed by atoms with Crippen LogP contribution in [0.15, 0.2) is 58.8 Å². The fraction of sp³-hybridized carbons (Fsp3) is 0.310. The zero-order chi connectivity index (χ0) is 29.4. The van der Waals surface area contributed by atoms with E-state index in [2.05, 4.69) is 29.1 Å². The molecule has 40 heavy (non-hydrogen) atoms. The number of nitrogens with one attached hydrogen (secondary N) is 1. The molecule has 11 heteroatoms. The van der Waals surface area contributed by atoms with Crippen molar-refractivity contribution < 1.29 is 13.6 Å². The third-order valence-corrected chi connectivity index (χ3v) is 7.20. The lowest BCUT2D eigenvalue weighted by atomic mass is 10.0. The number of halogens is 3. The highest BCUT2D eigenvalue weighted by Crippen LogP contribution is 2.36. The molecule has 0 bridgehead atoms. The number of aliphatic imine (C=N–C) groups is 1. The second kappa shape index (κ2) is 14.2. The van der Waals surface area contributed by atoms with Crippen molar-refractivity contribution in [1.29, 1.82) is 0 Å². The van der Waals surface area contributed by atoms with Gasteiger partial charge in [0.05, 0.1) is 10.6 Å². The van der Waals surface area contributed by atoms with Gasteiger partial charge in [0, 0.05) is 38.9 Å². The number of allylic oxidation sites excluding steroid dienone is 1. The van der Waals surface area contributed by atoms with Crippen LogP contribution in [0.25, 0.3) is 11.3 Å². The minimum Gasteiger partial charge on any atom is -0.379 e. The van der Waals surface area contributed by atoms with Crippen molar-refractivity contribution in [2.45, 2.75) is 31.7 Å². The highest BCUT2D eigenvalue weighted by atomic mass is 35.5. The number of aromatic nitrogens is 2. The van der Waals surface area contributed by atoms with Gasteiger partial charge < -0.3 is 15.1 Å². The lowest BCUT2D eigenvalue weighted by Gasteiger charge is -2.26. The predicted molar refractivity (Wildman–Crippen MR) is 161 cm³/mol. The number of thioether (sulfide) groups is 1. The van der Waals surface area contributed by atoms with Gasteiger partial charge in [0.15, 0.2) is 0 Å². The summed E-state index contributed by atoms with van der Waals surface area (Å²) >= 11 is 7.60. The van der Waals surface area contributed by atoms with Gasteiger partial charge in [0.2, 0.25) is 6.41 Å². The average molecular weight is 587 g/mol. The number of carbonyl (C=O) groups is 1. The van der Waals surface area contributed by atoms with E-state index < -0.39 is 11.6 Å². The fourth-order valence-electron chi connectivity index (χ4n) is 4.08. The van der Waals surface area contributed by atoms with E-state index >= 15 is 4.39 Å². The highest BCUT2D eigenvalue weighted by Gasteiger charge is 2.23. The minimum atomic E-state index is -0.744. The number of benzene rings is 1. The van der Waals surface area contributed by atoms with Crippen molar-refractivity contribution in [1.82, 2.24) is 19.8 Å². The van der Waals surface area contributed by atoms with Crippen LogP contribution in [0.3, 0.4) is 0 Å². The first-order chi connectivity index (χ1) is 19.1. The molecule has 0 spiro atoms. The molecule has 0 aliphatic rings. The molecule has 7 nitrogen and oxygen atoms in total. The van der Waals surface area contributed by atoms with Crippen LogP contribution in [0.2, 0.25) is 5.02 Å². The molecule has 0 radical (unpaired) electrons. The Hall–Kier alpha value is -3.50. The third kappa shape index (κ3) is 7.17. The van der Waals surface area contributed by atoms with Crippen molar-refractivity contribution >= 4 is 47.1 Å². The predicted octanol–water partition coefficient (Wildman–Crippen LogP) is 6.96. The largest absolute Gasteiger partial charge is 0.379 e. The van der Waals surface area contributed by atoms with E-state index in [0.29, 0.717) is 36.0 Å². The number of anilines is 1. The van der Waals surface area contributed by atoms with Crippen molar-refractivity contribution in [3.63, 3.8) is 0 Å². The summed E-state index contributed by atoms with van der Waals surface area (Å²) in [6.07, 6.45) is 8.00. The van der Waals surface area contributed by atoms with Gasteiger partial charge in [0.1, 0.15) is 39.7 Å². The zero-order valence-corrected chi connectivity index (χ0v) is 24.9. The summed E-state index contributed by atoms with van der Waals surface area (Å²) in [5.41, 5.74) is 1.75. The molecule has 1 N–H and O–H groups in total. The Morgan fingerprint density at radius 2 is 1.95 bits per heavy atom. The Balaban J connectivity index is 2.29. The first kappa shape index (κ1) is 31.0. The van der Waals surface area contributed by atoms with Crippen LogP contribution in [0.1, 0.15) is 37.8 Å². The Bertz CT molecular complexity index is 1420. The maximum absolute atomic E-state index is 15.7. The number of amides is 1. The third-order valence-electron chi connectivity index (χ3n) is 6.13. The Labute approximate surface area is 243 Å². The smallest absolute Gasteiger partial charge is 0.212 e. The van der Waals surface area contributed by atoms with Crippen molar-refractivity contribution in [2.24, 2.45) is 4.99 Å². The molecule has 0 saturated heterocycles. The van der Waals surface area contributed by atoms with Crippen LogP contribution in [-0.2, 0) is 4.79 Å². The van der Waals surface area contributed by atoms with E-state index in [1.165, 1.54) is 36.0 Å². The molecule has 2 aromatic heterocycles. The lowest BCUT2D eigenvalue weighted by molar-refractivity contribution is -0.105.